The Bertz CT molecular complexity index is 1750. The zero-order valence-electron chi connectivity index (χ0n) is 27.1. The van der Waals surface area contributed by atoms with Crippen molar-refractivity contribution < 1.29 is 39.6 Å². The molecule has 0 spiro atoms. The number of likely N-dealkylation sites (N-methyl/N-ethyl adjacent to an activating group) is 1. The SMILES string of the molecule is CN(C)c1ccc(NC(=O)NCc2cc(N(C)C)c3c(c2O)C(O)=C2C(=O)[C@]4(O)C(O)=C(C(N)=O)C(=O)[C@@H](N(C)C)[C@@H]4C[C@@H]2C3)cc1. The van der Waals surface area contributed by atoms with Gasteiger partial charge >= 0.3 is 6.03 Å². The Balaban J connectivity index is 1.53. The largest absolute Gasteiger partial charge is 0.508 e. The Morgan fingerprint density at radius 3 is 2.19 bits per heavy atom. The molecule has 14 nitrogen and oxygen atoms in total. The van der Waals surface area contributed by atoms with Crippen LogP contribution in [0, 0.1) is 11.8 Å². The van der Waals surface area contributed by atoms with Gasteiger partial charge in [0.1, 0.15) is 22.8 Å². The lowest BCUT2D eigenvalue weighted by atomic mass is 9.57. The van der Waals surface area contributed by atoms with Gasteiger partial charge in [0, 0.05) is 68.9 Å². The molecule has 0 bridgehead atoms. The number of carbonyl (C=O) groups excluding carboxylic acids is 4. The molecule has 250 valence electrons. The van der Waals surface area contributed by atoms with Crippen molar-refractivity contribution in [1.29, 1.82) is 0 Å². The number of ketones is 2. The van der Waals surface area contributed by atoms with Gasteiger partial charge in [0.05, 0.1) is 11.6 Å². The van der Waals surface area contributed by atoms with Crippen LogP contribution in [0.15, 0.2) is 47.2 Å². The number of phenols is 1. The van der Waals surface area contributed by atoms with Crippen molar-refractivity contribution in [1.82, 2.24) is 10.2 Å². The second kappa shape index (κ2) is 11.9. The third-order valence-electron chi connectivity index (χ3n) is 9.34. The number of phenolic OH excluding ortho intramolecular Hbond substituents is 1. The van der Waals surface area contributed by atoms with Gasteiger partial charge in [-0.15, -0.1) is 0 Å². The third kappa shape index (κ3) is 5.32. The molecule has 14 heteroatoms. The summed E-state index contributed by atoms with van der Waals surface area (Å²) in [5, 5.41) is 51.4. The summed E-state index contributed by atoms with van der Waals surface area (Å²) in [4.78, 5) is 57.6. The van der Waals surface area contributed by atoms with Gasteiger partial charge in [0.15, 0.2) is 11.4 Å². The van der Waals surface area contributed by atoms with E-state index in [1.165, 1.54) is 4.90 Å². The van der Waals surface area contributed by atoms with Gasteiger partial charge < -0.3 is 46.6 Å². The smallest absolute Gasteiger partial charge is 0.319 e. The van der Waals surface area contributed by atoms with Crippen LogP contribution < -0.4 is 26.2 Å². The third-order valence-corrected chi connectivity index (χ3v) is 9.34. The lowest BCUT2D eigenvalue weighted by Gasteiger charge is -2.50. The van der Waals surface area contributed by atoms with Crippen LogP contribution in [-0.4, -0.2) is 103 Å². The molecule has 0 radical (unpaired) electrons. The number of nitrogens with one attached hydrogen (secondary N) is 2. The number of aromatic hydroxyl groups is 1. The number of anilines is 3. The normalized spacial score (nSPS) is 23.6. The van der Waals surface area contributed by atoms with Crippen molar-refractivity contribution in [3.05, 3.63) is 63.9 Å². The highest BCUT2D eigenvalue weighted by atomic mass is 16.3. The van der Waals surface area contributed by atoms with E-state index in [0.29, 0.717) is 16.9 Å². The minimum Gasteiger partial charge on any atom is -0.508 e. The van der Waals surface area contributed by atoms with Crippen LogP contribution in [0.5, 0.6) is 5.75 Å². The maximum Gasteiger partial charge on any atom is 0.319 e. The van der Waals surface area contributed by atoms with Gasteiger partial charge in [-0.05, 0) is 68.8 Å². The fraction of sp³-hybridized carbons (Fsp3) is 0.394. The molecule has 1 saturated carbocycles. The first-order valence-electron chi connectivity index (χ1n) is 15.0. The first-order chi connectivity index (χ1) is 22.0. The number of amides is 3. The van der Waals surface area contributed by atoms with E-state index in [1.54, 1.807) is 51.3 Å². The van der Waals surface area contributed by atoms with Gasteiger partial charge in [-0.2, -0.15) is 0 Å². The van der Waals surface area contributed by atoms with E-state index >= 15 is 0 Å². The van der Waals surface area contributed by atoms with Crippen molar-refractivity contribution in [2.75, 3.05) is 57.4 Å². The van der Waals surface area contributed by atoms with Crippen LogP contribution in [0.1, 0.15) is 23.1 Å². The van der Waals surface area contributed by atoms with Gasteiger partial charge in [0.2, 0.25) is 5.78 Å². The van der Waals surface area contributed by atoms with E-state index < -0.39 is 64.1 Å². The van der Waals surface area contributed by atoms with E-state index in [-0.39, 0.29) is 41.8 Å². The van der Waals surface area contributed by atoms with E-state index in [1.807, 2.05) is 31.1 Å². The number of urea groups is 1. The molecule has 47 heavy (non-hydrogen) atoms. The number of nitrogens with two attached hydrogens (primary N) is 1. The molecule has 2 aromatic carbocycles. The van der Waals surface area contributed by atoms with Crippen molar-refractivity contribution in [2.45, 2.75) is 31.0 Å². The number of aliphatic hydroxyl groups excluding tert-OH is 2. The predicted octanol–water partition coefficient (Wildman–Crippen LogP) is 1.42. The molecule has 4 atom stereocenters. The second-order valence-electron chi connectivity index (χ2n) is 12.9. The average molecular weight is 649 g/mol. The molecule has 5 rings (SSSR count). The van der Waals surface area contributed by atoms with Crippen LogP contribution in [0.25, 0.3) is 5.76 Å². The quantitative estimate of drug-likeness (QED) is 0.214. The number of aliphatic hydroxyl groups is 3. The fourth-order valence-electron chi connectivity index (χ4n) is 7.07. The van der Waals surface area contributed by atoms with E-state index in [9.17, 15) is 39.6 Å². The Hall–Kier alpha value is -5.08. The standard InChI is InChI=1S/C33H40N6O8/c1-37(2)18-9-7-17(8-10-18)36-32(46)35-14-16-13-21(38(3)4)19-11-15-12-20-25(39(5)6)28(42)24(31(34)45)30(44)33(20,47)29(43)22(15)27(41)23(19)26(16)40/h7-10,13,15,20,25,40-41,44,47H,11-12,14H2,1-6H3,(H2,34,45)(H2,35,36,46)/t15-,20-,25-,33-/m0/s1. The number of hydrogen-bond donors (Lipinski definition) is 7. The molecule has 0 saturated heterocycles. The predicted molar refractivity (Wildman–Crippen MR) is 175 cm³/mol. The van der Waals surface area contributed by atoms with Crippen LogP contribution in [0.3, 0.4) is 0 Å². The number of hydrogen-bond acceptors (Lipinski definition) is 11. The van der Waals surface area contributed by atoms with Crippen LogP contribution in [0.2, 0.25) is 0 Å². The summed E-state index contributed by atoms with van der Waals surface area (Å²) in [5.74, 6) is -7.20. The van der Waals surface area contributed by atoms with Gasteiger partial charge in [-0.25, -0.2) is 4.79 Å². The Morgan fingerprint density at radius 2 is 1.64 bits per heavy atom. The average Bonchev–Trinajstić information content (AvgIpc) is 2.98. The van der Waals surface area contributed by atoms with Crippen molar-refractivity contribution in [2.24, 2.45) is 17.6 Å². The van der Waals surface area contributed by atoms with Crippen LogP contribution in [-0.2, 0) is 27.3 Å². The molecule has 2 aromatic rings. The molecular formula is C33H40N6O8. The monoisotopic (exact) mass is 648 g/mol. The number of nitrogens with zero attached hydrogens (tertiary/aromatic N) is 3. The summed E-state index contributed by atoms with van der Waals surface area (Å²) in [6.45, 7) is -0.147. The molecule has 3 aliphatic rings. The van der Waals surface area contributed by atoms with Crippen molar-refractivity contribution in [3.8, 4) is 5.75 Å². The molecule has 0 heterocycles. The van der Waals surface area contributed by atoms with Crippen molar-refractivity contribution >= 4 is 46.3 Å². The zero-order chi connectivity index (χ0) is 34.7. The molecule has 1 fully saturated rings. The molecule has 3 amide bonds. The number of fused-ring (bicyclic) bond motifs is 3. The van der Waals surface area contributed by atoms with Gasteiger partial charge in [-0.1, -0.05) is 0 Å². The number of carbonyl (C=O) groups is 4. The summed E-state index contributed by atoms with van der Waals surface area (Å²) in [6.07, 6.45) is 0.130. The Labute approximate surface area is 271 Å². The number of primary amides is 1. The van der Waals surface area contributed by atoms with Crippen molar-refractivity contribution in [3.63, 3.8) is 0 Å². The molecule has 0 aliphatic heterocycles. The summed E-state index contributed by atoms with van der Waals surface area (Å²) in [7, 11) is 10.4. The molecule has 0 aromatic heterocycles. The van der Waals surface area contributed by atoms with E-state index in [4.69, 9.17) is 5.73 Å². The minimum absolute atomic E-state index is 0.0155. The zero-order valence-corrected chi connectivity index (χ0v) is 27.1. The van der Waals surface area contributed by atoms with Gasteiger partial charge in [-0.3, -0.25) is 19.3 Å². The molecular weight excluding hydrogens is 608 g/mol. The summed E-state index contributed by atoms with van der Waals surface area (Å²) in [5.41, 5.74) is 4.37. The molecule has 8 N–H and O–H groups in total. The number of Topliss-reactive ketones (excluding diaryl/α,β-unsaturated/α-hetero) is 2. The lowest BCUT2D eigenvalue weighted by Crippen LogP contribution is -2.65. The molecule has 3 aliphatic carbocycles. The van der Waals surface area contributed by atoms with Crippen LogP contribution in [0.4, 0.5) is 21.9 Å². The summed E-state index contributed by atoms with van der Waals surface area (Å²) < 4.78 is 0. The molecule has 0 unspecified atom stereocenters. The first kappa shape index (κ1) is 33.3. The van der Waals surface area contributed by atoms with Gasteiger partial charge in [0.25, 0.3) is 5.91 Å². The second-order valence-corrected chi connectivity index (χ2v) is 12.9. The number of rotatable bonds is 7. The number of benzene rings is 2. The minimum atomic E-state index is -2.73. The summed E-state index contributed by atoms with van der Waals surface area (Å²) >= 11 is 0. The first-order valence-corrected chi connectivity index (χ1v) is 15.0. The summed E-state index contributed by atoms with van der Waals surface area (Å²) in [6, 6.07) is 7.16. The van der Waals surface area contributed by atoms with E-state index in [0.717, 1.165) is 5.69 Å². The Morgan fingerprint density at radius 1 is 1.00 bits per heavy atom. The Kier molecular flexibility index (Phi) is 8.45. The fourth-order valence-corrected chi connectivity index (χ4v) is 7.07. The topological polar surface area (TPSA) is 209 Å². The highest BCUT2D eigenvalue weighted by Crippen LogP contribution is 2.54. The van der Waals surface area contributed by atoms with E-state index in [2.05, 4.69) is 10.6 Å². The highest BCUT2D eigenvalue weighted by molar-refractivity contribution is 6.24. The van der Waals surface area contributed by atoms with Crippen LogP contribution >= 0.6 is 0 Å². The maximum atomic E-state index is 14.1. The highest BCUT2D eigenvalue weighted by Gasteiger charge is 2.64. The maximum absolute atomic E-state index is 14.1. The lowest BCUT2D eigenvalue weighted by molar-refractivity contribution is -0.153.